The molecule has 3 nitrogen and oxygen atoms in total. The fourth-order valence-corrected chi connectivity index (χ4v) is 2.73. The van der Waals surface area contributed by atoms with Crippen LogP contribution in [0, 0.1) is 12.8 Å². The lowest BCUT2D eigenvalue weighted by atomic mass is 9.86. The van der Waals surface area contributed by atoms with Crippen molar-refractivity contribution in [3.8, 4) is 0 Å². The van der Waals surface area contributed by atoms with E-state index < -0.39 is 0 Å². The van der Waals surface area contributed by atoms with Gasteiger partial charge in [-0.25, -0.2) is 0 Å². The van der Waals surface area contributed by atoms with Crippen molar-refractivity contribution in [1.29, 1.82) is 0 Å². The van der Waals surface area contributed by atoms with Crippen LogP contribution in [0.4, 0.5) is 0 Å². The van der Waals surface area contributed by atoms with E-state index in [1.165, 1.54) is 18.4 Å². The molecular formula is C16H24N2O. The van der Waals surface area contributed by atoms with Gasteiger partial charge in [0.25, 0.3) is 0 Å². The smallest absolute Gasteiger partial charge is 0.224 e. The van der Waals surface area contributed by atoms with Crippen LogP contribution in [0.25, 0.3) is 0 Å². The van der Waals surface area contributed by atoms with E-state index in [2.05, 4.69) is 12.2 Å². The Hall–Kier alpha value is -1.35. The van der Waals surface area contributed by atoms with E-state index in [1.807, 2.05) is 24.3 Å². The van der Waals surface area contributed by atoms with Crippen LogP contribution in [0.1, 0.15) is 36.8 Å². The van der Waals surface area contributed by atoms with Crippen LogP contribution in [0.5, 0.6) is 0 Å². The van der Waals surface area contributed by atoms with Crippen LogP contribution in [0.15, 0.2) is 24.3 Å². The first-order chi connectivity index (χ1) is 9.13. The lowest BCUT2D eigenvalue weighted by Crippen LogP contribution is -2.36. The molecule has 0 saturated heterocycles. The van der Waals surface area contributed by atoms with Crippen molar-refractivity contribution >= 4 is 5.91 Å². The highest BCUT2D eigenvalue weighted by Crippen LogP contribution is 2.22. The number of carbonyl (C=O) groups is 1. The number of nitrogens with one attached hydrogen (secondary N) is 1. The standard InChI is InChI=1S/C16H24N2O/c1-12-5-7-13(8-6-12)10-16(19)18-11-14-3-2-4-15(17)9-14/h5-8,14-15H,2-4,9-11,17H2,1H3,(H,18,19). The van der Waals surface area contributed by atoms with E-state index in [0.717, 1.165) is 24.9 Å². The molecule has 1 aliphatic carbocycles. The molecule has 1 amide bonds. The van der Waals surface area contributed by atoms with Crippen molar-refractivity contribution in [2.75, 3.05) is 6.54 Å². The third kappa shape index (κ3) is 4.67. The van der Waals surface area contributed by atoms with Gasteiger partial charge in [0, 0.05) is 12.6 Å². The molecule has 0 bridgehead atoms. The van der Waals surface area contributed by atoms with Crippen molar-refractivity contribution in [2.45, 2.75) is 45.1 Å². The molecule has 1 aromatic carbocycles. The molecule has 0 aliphatic heterocycles. The third-order valence-corrected chi connectivity index (χ3v) is 3.90. The average Bonchev–Trinajstić information content (AvgIpc) is 2.39. The molecule has 2 unspecified atom stereocenters. The van der Waals surface area contributed by atoms with E-state index in [0.29, 0.717) is 18.4 Å². The molecule has 3 N–H and O–H groups in total. The molecule has 19 heavy (non-hydrogen) atoms. The van der Waals surface area contributed by atoms with Crippen LogP contribution in [0.2, 0.25) is 0 Å². The van der Waals surface area contributed by atoms with Gasteiger partial charge in [-0.05, 0) is 37.7 Å². The van der Waals surface area contributed by atoms with Crippen LogP contribution in [-0.4, -0.2) is 18.5 Å². The van der Waals surface area contributed by atoms with Crippen molar-refractivity contribution in [1.82, 2.24) is 5.32 Å². The van der Waals surface area contributed by atoms with Crippen LogP contribution < -0.4 is 11.1 Å². The fourth-order valence-electron chi connectivity index (χ4n) is 2.73. The van der Waals surface area contributed by atoms with Gasteiger partial charge in [0.05, 0.1) is 6.42 Å². The summed E-state index contributed by atoms with van der Waals surface area (Å²) in [5.41, 5.74) is 8.25. The summed E-state index contributed by atoms with van der Waals surface area (Å²) < 4.78 is 0. The summed E-state index contributed by atoms with van der Waals surface area (Å²) >= 11 is 0. The number of hydrogen-bond acceptors (Lipinski definition) is 2. The fraction of sp³-hybridized carbons (Fsp3) is 0.562. The molecule has 2 atom stereocenters. The Morgan fingerprint density at radius 3 is 2.74 bits per heavy atom. The van der Waals surface area contributed by atoms with Gasteiger partial charge >= 0.3 is 0 Å². The van der Waals surface area contributed by atoms with Gasteiger partial charge in [-0.2, -0.15) is 0 Å². The Labute approximate surface area is 115 Å². The molecule has 1 aromatic rings. The highest BCUT2D eigenvalue weighted by molar-refractivity contribution is 5.78. The lowest BCUT2D eigenvalue weighted by Gasteiger charge is -2.26. The van der Waals surface area contributed by atoms with Crippen LogP contribution in [0.3, 0.4) is 0 Å². The summed E-state index contributed by atoms with van der Waals surface area (Å²) in [6.45, 7) is 2.83. The minimum atomic E-state index is 0.114. The molecule has 1 fully saturated rings. The van der Waals surface area contributed by atoms with Crippen molar-refractivity contribution in [3.05, 3.63) is 35.4 Å². The molecular weight excluding hydrogens is 236 g/mol. The first-order valence-electron chi connectivity index (χ1n) is 7.21. The highest BCUT2D eigenvalue weighted by atomic mass is 16.1. The predicted octanol–water partition coefficient (Wildman–Crippen LogP) is 2.17. The summed E-state index contributed by atoms with van der Waals surface area (Å²) in [5.74, 6) is 0.675. The van der Waals surface area contributed by atoms with E-state index in [9.17, 15) is 4.79 Å². The van der Waals surface area contributed by atoms with Crippen molar-refractivity contribution < 1.29 is 4.79 Å². The molecule has 0 heterocycles. The zero-order valence-electron chi connectivity index (χ0n) is 11.7. The molecule has 1 aliphatic rings. The Balaban J connectivity index is 1.73. The number of amides is 1. The van der Waals surface area contributed by atoms with E-state index >= 15 is 0 Å². The van der Waals surface area contributed by atoms with E-state index in [-0.39, 0.29) is 5.91 Å². The summed E-state index contributed by atoms with van der Waals surface area (Å²) in [6, 6.07) is 8.45. The SMILES string of the molecule is Cc1ccc(CC(=O)NCC2CCCC(N)C2)cc1. The number of benzene rings is 1. The van der Waals surface area contributed by atoms with Gasteiger partial charge in [-0.1, -0.05) is 36.2 Å². The number of hydrogen-bond donors (Lipinski definition) is 2. The number of aryl methyl sites for hydroxylation is 1. The Kier molecular flexibility index (Phi) is 4.97. The van der Waals surface area contributed by atoms with E-state index in [4.69, 9.17) is 5.73 Å². The van der Waals surface area contributed by atoms with Gasteiger partial charge in [0.2, 0.25) is 5.91 Å². The summed E-state index contributed by atoms with van der Waals surface area (Å²) in [5, 5.41) is 3.04. The summed E-state index contributed by atoms with van der Waals surface area (Å²) in [4.78, 5) is 11.9. The predicted molar refractivity (Wildman–Crippen MR) is 77.8 cm³/mol. The summed E-state index contributed by atoms with van der Waals surface area (Å²) in [6.07, 6.45) is 5.04. The lowest BCUT2D eigenvalue weighted by molar-refractivity contribution is -0.120. The maximum Gasteiger partial charge on any atom is 0.224 e. The summed E-state index contributed by atoms with van der Waals surface area (Å²) in [7, 11) is 0. The zero-order chi connectivity index (χ0) is 13.7. The Morgan fingerprint density at radius 1 is 1.32 bits per heavy atom. The molecule has 104 valence electrons. The molecule has 3 heteroatoms. The highest BCUT2D eigenvalue weighted by Gasteiger charge is 2.19. The maximum atomic E-state index is 11.9. The largest absolute Gasteiger partial charge is 0.356 e. The molecule has 0 spiro atoms. The maximum absolute atomic E-state index is 11.9. The molecule has 2 rings (SSSR count). The average molecular weight is 260 g/mol. The monoisotopic (exact) mass is 260 g/mol. The van der Waals surface area contributed by atoms with Crippen LogP contribution in [-0.2, 0) is 11.2 Å². The second-order valence-electron chi connectivity index (χ2n) is 5.76. The minimum Gasteiger partial charge on any atom is -0.356 e. The Bertz CT molecular complexity index is 413. The quantitative estimate of drug-likeness (QED) is 0.871. The minimum absolute atomic E-state index is 0.114. The number of rotatable bonds is 4. The second kappa shape index (κ2) is 6.71. The van der Waals surface area contributed by atoms with Gasteiger partial charge in [0.1, 0.15) is 0 Å². The second-order valence-corrected chi connectivity index (χ2v) is 5.76. The topological polar surface area (TPSA) is 55.1 Å². The number of carbonyl (C=O) groups excluding carboxylic acids is 1. The first-order valence-corrected chi connectivity index (χ1v) is 7.21. The van der Waals surface area contributed by atoms with Crippen LogP contribution >= 0.6 is 0 Å². The molecule has 0 aromatic heterocycles. The zero-order valence-corrected chi connectivity index (χ0v) is 11.7. The Morgan fingerprint density at radius 2 is 2.05 bits per heavy atom. The molecule has 0 radical (unpaired) electrons. The van der Waals surface area contributed by atoms with Crippen molar-refractivity contribution in [3.63, 3.8) is 0 Å². The van der Waals surface area contributed by atoms with Gasteiger partial charge < -0.3 is 11.1 Å². The normalized spacial score (nSPS) is 23.1. The van der Waals surface area contributed by atoms with Crippen molar-refractivity contribution in [2.24, 2.45) is 11.7 Å². The first kappa shape index (κ1) is 14.1. The number of nitrogens with two attached hydrogens (primary N) is 1. The van der Waals surface area contributed by atoms with Gasteiger partial charge in [-0.3, -0.25) is 4.79 Å². The van der Waals surface area contributed by atoms with Gasteiger partial charge in [0.15, 0.2) is 0 Å². The van der Waals surface area contributed by atoms with E-state index in [1.54, 1.807) is 0 Å². The third-order valence-electron chi connectivity index (χ3n) is 3.90. The van der Waals surface area contributed by atoms with Gasteiger partial charge in [-0.15, -0.1) is 0 Å². The molecule has 1 saturated carbocycles.